The van der Waals surface area contributed by atoms with Crippen molar-refractivity contribution in [3.8, 4) is 0 Å². The monoisotopic (exact) mass is 258 g/mol. The minimum Gasteiger partial charge on any atom is -0.465 e. The standard InChI is InChI=1S/C11H8Cl2O3/c12-7-3-6(4-8(13)5-7)10(14)9-1-2-16-11(9)15/h3-5,9H,1-2H2. The lowest BCUT2D eigenvalue weighted by atomic mass is 9.96. The van der Waals surface area contributed by atoms with Crippen LogP contribution in [0.5, 0.6) is 0 Å². The number of Topliss-reactive ketones (excluding diaryl/α,β-unsaturated/α-hetero) is 1. The van der Waals surface area contributed by atoms with Gasteiger partial charge in [0.15, 0.2) is 5.78 Å². The second-order valence-electron chi connectivity index (χ2n) is 3.53. The minimum atomic E-state index is -0.713. The van der Waals surface area contributed by atoms with Gasteiger partial charge >= 0.3 is 5.97 Å². The molecule has 1 saturated heterocycles. The second-order valence-corrected chi connectivity index (χ2v) is 4.40. The van der Waals surface area contributed by atoms with Crippen molar-refractivity contribution in [2.75, 3.05) is 6.61 Å². The number of esters is 1. The minimum absolute atomic E-state index is 0.285. The van der Waals surface area contributed by atoms with Gasteiger partial charge in [0, 0.05) is 22.0 Å². The summed E-state index contributed by atoms with van der Waals surface area (Å²) in [6.07, 6.45) is 0.418. The number of ketones is 1. The zero-order chi connectivity index (χ0) is 11.7. The van der Waals surface area contributed by atoms with Crippen LogP contribution in [0.2, 0.25) is 10.0 Å². The van der Waals surface area contributed by atoms with Crippen LogP contribution < -0.4 is 0 Å². The molecular formula is C11H8Cl2O3. The van der Waals surface area contributed by atoms with E-state index in [4.69, 9.17) is 27.9 Å². The Kier molecular flexibility index (Phi) is 3.17. The van der Waals surface area contributed by atoms with E-state index >= 15 is 0 Å². The first-order valence-corrected chi connectivity index (χ1v) is 5.50. The lowest BCUT2D eigenvalue weighted by Gasteiger charge is -2.05. The third kappa shape index (κ3) is 2.20. The largest absolute Gasteiger partial charge is 0.465 e. The summed E-state index contributed by atoms with van der Waals surface area (Å²) in [7, 11) is 0. The van der Waals surface area contributed by atoms with E-state index in [2.05, 4.69) is 0 Å². The number of hydrogen-bond donors (Lipinski definition) is 0. The number of hydrogen-bond acceptors (Lipinski definition) is 3. The molecule has 0 aliphatic carbocycles. The van der Waals surface area contributed by atoms with E-state index in [0.29, 0.717) is 28.6 Å². The zero-order valence-electron chi connectivity index (χ0n) is 8.20. The van der Waals surface area contributed by atoms with Gasteiger partial charge in [-0.25, -0.2) is 0 Å². The molecule has 0 spiro atoms. The molecule has 5 heteroatoms. The van der Waals surface area contributed by atoms with E-state index in [0.717, 1.165) is 0 Å². The van der Waals surface area contributed by atoms with Gasteiger partial charge in [-0.15, -0.1) is 0 Å². The first-order chi connectivity index (χ1) is 7.58. The molecule has 0 saturated carbocycles. The Morgan fingerprint density at radius 2 is 1.88 bits per heavy atom. The highest BCUT2D eigenvalue weighted by Crippen LogP contribution is 2.24. The Morgan fingerprint density at radius 3 is 2.38 bits per heavy atom. The van der Waals surface area contributed by atoms with Gasteiger partial charge in [-0.05, 0) is 18.2 Å². The maximum atomic E-state index is 11.9. The molecule has 3 nitrogen and oxygen atoms in total. The van der Waals surface area contributed by atoms with Crippen molar-refractivity contribution >= 4 is 35.0 Å². The van der Waals surface area contributed by atoms with E-state index in [1.807, 2.05) is 0 Å². The van der Waals surface area contributed by atoms with Crippen LogP contribution in [0.4, 0.5) is 0 Å². The molecule has 0 bridgehead atoms. The first-order valence-electron chi connectivity index (χ1n) is 4.75. The Bertz CT molecular complexity index is 436. The fourth-order valence-electron chi connectivity index (χ4n) is 1.63. The quantitative estimate of drug-likeness (QED) is 0.466. The molecule has 0 N–H and O–H groups in total. The van der Waals surface area contributed by atoms with Crippen LogP contribution in [-0.4, -0.2) is 18.4 Å². The van der Waals surface area contributed by atoms with Crippen molar-refractivity contribution in [3.05, 3.63) is 33.8 Å². The van der Waals surface area contributed by atoms with Crippen molar-refractivity contribution < 1.29 is 14.3 Å². The molecule has 1 aliphatic heterocycles. The lowest BCUT2D eigenvalue weighted by Crippen LogP contribution is -2.19. The van der Waals surface area contributed by atoms with E-state index in [1.165, 1.54) is 18.2 Å². The molecule has 1 atom stereocenters. The Labute approximate surface area is 102 Å². The summed E-state index contributed by atoms with van der Waals surface area (Å²) in [5.74, 6) is -1.47. The molecule has 0 amide bonds. The Hall–Kier alpha value is -1.06. The SMILES string of the molecule is O=C1OCCC1C(=O)c1cc(Cl)cc(Cl)c1. The number of carbonyl (C=O) groups is 2. The lowest BCUT2D eigenvalue weighted by molar-refractivity contribution is -0.140. The third-order valence-corrected chi connectivity index (χ3v) is 2.84. The average Bonchev–Trinajstić information content (AvgIpc) is 2.62. The maximum Gasteiger partial charge on any atom is 0.316 e. The van der Waals surface area contributed by atoms with Crippen LogP contribution in [0, 0.1) is 5.92 Å². The summed E-state index contributed by atoms with van der Waals surface area (Å²) in [4.78, 5) is 23.2. The highest BCUT2D eigenvalue weighted by Gasteiger charge is 2.33. The summed E-state index contributed by atoms with van der Waals surface area (Å²) >= 11 is 11.6. The van der Waals surface area contributed by atoms with Crippen LogP contribution in [0.25, 0.3) is 0 Å². The topological polar surface area (TPSA) is 43.4 Å². The van der Waals surface area contributed by atoms with Gasteiger partial charge in [0.05, 0.1) is 6.61 Å². The number of benzene rings is 1. The highest BCUT2D eigenvalue weighted by atomic mass is 35.5. The predicted octanol–water partition coefficient (Wildman–Crippen LogP) is 2.74. The van der Waals surface area contributed by atoms with Gasteiger partial charge < -0.3 is 4.74 Å². The highest BCUT2D eigenvalue weighted by molar-refractivity contribution is 6.35. The van der Waals surface area contributed by atoms with Gasteiger partial charge in [0.2, 0.25) is 0 Å². The summed E-state index contributed by atoms with van der Waals surface area (Å²) < 4.78 is 4.74. The smallest absolute Gasteiger partial charge is 0.316 e. The molecule has 84 valence electrons. The van der Waals surface area contributed by atoms with Crippen molar-refractivity contribution in [1.82, 2.24) is 0 Å². The van der Waals surface area contributed by atoms with Crippen molar-refractivity contribution in [3.63, 3.8) is 0 Å². The number of ether oxygens (including phenoxy) is 1. The first kappa shape index (κ1) is 11.4. The third-order valence-electron chi connectivity index (χ3n) is 2.40. The fraction of sp³-hybridized carbons (Fsp3) is 0.273. The molecule has 1 heterocycles. The van der Waals surface area contributed by atoms with E-state index in [-0.39, 0.29) is 5.78 Å². The average molecular weight is 259 g/mol. The van der Waals surface area contributed by atoms with Crippen LogP contribution in [0.3, 0.4) is 0 Å². The van der Waals surface area contributed by atoms with Crippen LogP contribution in [0.1, 0.15) is 16.8 Å². The van der Waals surface area contributed by atoms with Crippen LogP contribution in [-0.2, 0) is 9.53 Å². The molecule has 1 fully saturated rings. The normalized spacial score (nSPS) is 19.6. The summed E-state index contributed by atoms with van der Waals surface area (Å²) in [6, 6.07) is 4.54. The predicted molar refractivity (Wildman–Crippen MR) is 59.9 cm³/mol. The van der Waals surface area contributed by atoms with Gasteiger partial charge in [0.1, 0.15) is 5.92 Å². The Balaban J connectivity index is 2.30. The molecular weight excluding hydrogens is 251 g/mol. The van der Waals surface area contributed by atoms with Crippen molar-refractivity contribution in [2.24, 2.45) is 5.92 Å². The summed E-state index contributed by atoms with van der Waals surface area (Å²) in [6.45, 7) is 0.295. The van der Waals surface area contributed by atoms with Crippen LogP contribution in [0.15, 0.2) is 18.2 Å². The summed E-state index contributed by atoms with van der Waals surface area (Å²) in [5, 5.41) is 0.754. The molecule has 0 aromatic heterocycles. The molecule has 1 aliphatic rings. The van der Waals surface area contributed by atoms with Crippen molar-refractivity contribution in [2.45, 2.75) is 6.42 Å². The zero-order valence-corrected chi connectivity index (χ0v) is 9.72. The second kappa shape index (κ2) is 4.44. The van der Waals surface area contributed by atoms with Gasteiger partial charge in [-0.2, -0.15) is 0 Å². The van der Waals surface area contributed by atoms with Gasteiger partial charge in [-0.3, -0.25) is 9.59 Å². The number of cyclic esters (lactones) is 1. The molecule has 16 heavy (non-hydrogen) atoms. The molecule has 1 unspecified atom stereocenters. The molecule has 0 radical (unpaired) electrons. The van der Waals surface area contributed by atoms with E-state index in [9.17, 15) is 9.59 Å². The number of carbonyl (C=O) groups excluding carboxylic acids is 2. The fourth-order valence-corrected chi connectivity index (χ4v) is 2.16. The molecule has 2 rings (SSSR count). The molecule has 1 aromatic rings. The Morgan fingerprint density at radius 1 is 1.25 bits per heavy atom. The number of halogens is 2. The summed E-state index contributed by atoms with van der Waals surface area (Å²) in [5.41, 5.74) is 0.348. The van der Waals surface area contributed by atoms with Gasteiger partial charge in [-0.1, -0.05) is 23.2 Å². The van der Waals surface area contributed by atoms with E-state index < -0.39 is 11.9 Å². The van der Waals surface area contributed by atoms with E-state index in [1.54, 1.807) is 0 Å². The molecule has 1 aromatic carbocycles. The van der Waals surface area contributed by atoms with Gasteiger partial charge in [0.25, 0.3) is 0 Å². The van der Waals surface area contributed by atoms with Crippen molar-refractivity contribution in [1.29, 1.82) is 0 Å². The maximum absolute atomic E-state index is 11.9. The number of rotatable bonds is 2. The van der Waals surface area contributed by atoms with Crippen LogP contribution >= 0.6 is 23.2 Å².